The van der Waals surface area contributed by atoms with Gasteiger partial charge in [-0.1, -0.05) is 200 Å². The molecule has 0 rings (SSSR count). The van der Waals surface area contributed by atoms with Gasteiger partial charge in [-0.25, -0.2) is 0 Å². The average molecular weight is 577 g/mol. The minimum atomic E-state index is -3.44. The van der Waals surface area contributed by atoms with Crippen molar-refractivity contribution in [2.45, 2.75) is 206 Å². The van der Waals surface area contributed by atoms with Gasteiger partial charge in [0.05, 0.1) is 6.61 Å². The quantitative estimate of drug-likeness (QED) is 0.0602. The molecule has 0 saturated heterocycles. The van der Waals surface area contributed by atoms with Gasteiger partial charge in [-0.2, -0.15) is 0 Å². The second-order valence-electron chi connectivity index (χ2n) is 11.9. The van der Waals surface area contributed by atoms with Gasteiger partial charge in [0.25, 0.3) is 0 Å². The molecule has 0 aromatic heterocycles. The summed E-state index contributed by atoms with van der Waals surface area (Å²) in [5, 5.41) is 0. The highest BCUT2D eigenvalue weighted by Gasteiger charge is 2.06. The topological polar surface area (TPSA) is 49.7 Å². The van der Waals surface area contributed by atoms with Crippen molar-refractivity contribution in [3.05, 3.63) is 0 Å². The Bertz CT molecular complexity index is 483. The Morgan fingerprint density at radius 2 is 0.553 bits per heavy atom. The third-order valence-electron chi connectivity index (χ3n) is 8.01. The van der Waals surface area contributed by atoms with E-state index in [0.717, 1.165) is 12.8 Å². The molecular weight excluding hydrogens is 507 g/mol. The fourth-order valence-corrected chi connectivity index (χ4v) is 6.08. The van der Waals surface area contributed by atoms with Crippen molar-refractivity contribution in [1.29, 1.82) is 0 Å². The monoisotopic (exact) mass is 576 g/mol. The van der Waals surface area contributed by atoms with E-state index >= 15 is 0 Å². The molecule has 38 heavy (non-hydrogen) atoms. The van der Waals surface area contributed by atoms with Crippen LogP contribution < -0.4 is 0 Å². The normalized spacial score (nSPS) is 12.0. The van der Waals surface area contributed by atoms with Gasteiger partial charge in [0.1, 0.15) is 0 Å². The van der Waals surface area contributed by atoms with Crippen molar-refractivity contribution in [3.63, 3.8) is 0 Å². The fourth-order valence-electron chi connectivity index (χ4n) is 5.49. The lowest BCUT2D eigenvalue weighted by molar-refractivity contribution is 0.245. The number of hydrogen-bond acceptors (Lipinski definition) is 2. The van der Waals surface area contributed by atoms with E-state index in [4.69, 9.17) is 14.3 Å². The molecule has 0 radical (unpaired) electrons. The summed E-state index contributed by atoms with van der Waals surface area (Å²) in [6.45, 7) is -0.757. The second-order valence-corrected chi connectivity index (χ2v) is 14.6. The molecule has 5 heteroatoms. The minimum Gasteiger partial charge on any atom is -0.325 e. The highest BCUT2D eigenvalue weighted by atomic mass is 32.5. The van der Waals surface area contributed by atoms with Gasteiger partial charge in [-0.3, -0.25) is 0 Å². The largest absolute Gasteiger partial charge is 0.325 e. The lowest BCUT2D eigenvalue weighted by Crippen LogP contribution is -1.92. The first-order chi connectivity index (χ1) is 18.6. The van der Waals surface area contributed by atoms with Crippen molar-refractivity contribution in [2.24, 2.45) is 0 Å². The van der Waals surface area contributed by atoms with Crippen LogP contribution in [-0.2, 0) is 16.3 Å². The van der Waals surface area contributed by atoms with E-state index in [9.17, 15) is 0 Å². The zero-order valence-electron chi connectivity index (χ0n) is 25.8. The van der Waals surface area contributed by atoms with Gasteiger partial charge in [0, 0.05) is 0 Å². The van der Waals surface area contributed by atoms with Crippen molar-refractivity contribution < 1.29 is 14.3 Å². The molecule has 2 N–H and O–H groups in total. The SMILES string of the molecule is CCCCCCCCCCCCCCCCCCCCCCCCCCCCCCCCCOP(O)(O)=S. The van der Waals surface area contributed by atoms with Crippen LogP contribution in [0.5, 0.6) is 0 Å². The first-order valence-electron chi connectivity index (χ1n) is 17.3. The Hall–Kier alpha value is 0.530. The molecule has 0 bridgehead atoms. The van der Waals surface area contributed by atoms with Gasteiger partial charge < -0.3 is 14.3 Å². The summed E-state index contributed by atoms with van der Waals surface area (Å²) in [7, 11) is 0. The van der Waals surface area contributed by atoms with Crippen molar-refractivity contribution >= 4 is 18.5 Å². The van der Waals surface area contributed by atoms with Gasteiger partial charge in [-0.15, -0.1) is 0 Å². The Labute approximate surface area is 244 Å². The van der Waals surface area contributed by atoms with Crippen LogP contribution in [0.25, 0.3) is 0 Å². The van der Waals surface area contributed by atoms with Crippen LogP contribution in [-0.4, -0.2) is 16.4 Å². The maximum Gasteiger partial charge on any atom is 0.321 e. The molecule has 0 heterocycles. The van der Waals surface area contributed by atoms with Crippen LogP contribution in [0.3, 0.4) is 0 Å². The fraction of sp³-hybridized carbons (Fsp3) is 1.00. The third kappa shape index (κ3) is 36.5. The predicted octanol–water partition coefficient (Wildman–Crippen LogP) is 12.3. The zero-order chi connectivity index (χ0) is 27.8. The maximum absolute atomic E-state index is 8.99. The summed E-state index contributed by atoms with van der Waals surface area (Å²) in [4.78, 5) is 18.0. The van der Waals surface area contributed by atoms with Gasteiger partial charge in [0.2, 0.25) is 0 Å². The number of rotatable bonds is 33. The summed E-state index contributed by atoms with van der Waals surface area (Å²) in [6.07, 6.45) is 43.5. The van der Waals surface area contributed by atoms with Crippen molar-refractivity contribution in [2.75, 3.05) is 6.61 Å². The van der Waals surface area contributed by atoms with Crippen LogP contribution in [0.1, 0.15) is 206 Å². The first kappa shape index (κ1) is 38.5. The van der Waals surface area contributed by atoms with E-state index in [1.807, 2.05) is 0 Å². The van der Waals surface area contributed by atoms with Gasteiger partial charge in [-0.05, 0) is 18.2 Å². The highest BCUT2D eigenvalue weighted by Crippen LogP contribution is 2.36. The molecule has 0 saturated carbocycles. The summed E-state index contributed by atoms with van der Waals surface area (Å²) in [6, 6.07) is 0. The zero-order valence-corrected chi connectivity index (χ0v) is 27.5. The third-order valence-corrected chi connectivity index (χ3v) is 8.84. The van der Waals surface area contributed by atoms with E-state index < -0.39 is 6.72 Å². The van der Waals surface area contributed by atoms with E-state index in [1.54, 1.807) is 0 Å². The predicted molar refractivity (Wildman–Crippen MR) is 173 cm³/mol. The van der Waals surface area contributed by atoms with E-state index in [0.29, 0.717) is 6.61 Å². The molecule has 230 valence electrons. The highest BCUT2D eigenvalue weighted by molar-refractivity contribution is 8.06. The van der Waals surface area contributed by atoms with E-state index in [-0.39, 0.29) is 0 Å². The molecule has 0 aliphatic rings. The molecule has 0 amide bonds. The van der Waals surface area contributed by atoms with E-state index in [2.05, 4.69) is 18.7 Å². The van der Waals surface area contributed by atoms with Crippen molar-refractivity contribution in [3.8, 4) is 0 Å². The standard InChI is InChI=1S/C33H69O3PS/c1-2-3-4-5-6-7-8-9-10-11-12-13-14-15-16-17-18-19-20-21-22-23-24-25-26-27-28-29-30-31-32-33-36-37(34,35)38/h2-33H2,1H3,(H2,34,35,38). The van der Waals surface area contributed by atoms with Gasteiger partial charge in [0.15, 0.2) is 0 Å². The molecular formula is C33H69O3PS. The molecule has 0 aliphatic carbocycles. The van der Waals surface area contributed by atoms with Crippen LogP contribution in [0, 0.1) is 0 Å². The Kier molecular flexibility index (Phi) is 32.5. The number of hydrogen-bond donors (Lipinski definition) is 2. The Balaban J connectivity index is 3.04. The van der Waals surface area contributed by atoms with Crippen LogP contribution in [0.15, 0.2) is 0 Å². The molecule has 0 atom stereocenters. The van der Waals surface area contributed by atoms with Crippen LogP contribution in [0.4, 0.5) is 0 Å². The van der Waals surface area contributed by atoms with Gasteiger partial charge >= 0.3 is 6.72 Å². The first-order valence-corrected chi connectivity index (χ1v) is 19.9. The summed E-state index contributed by atoms with van der Waals surface area (Å²) < 4.78 is 4.83. The lowest BCUT2D eigenvalue weighted by atomic mass is 10.0. The second kappa shape index (κ2) is 32.0. The summed E-state index contributed by atoms with van der Waals surface area (Å²) in [5.41, 5.74) is 0. The maximum atomic E-state index is 8.99. The Morgan fingerprint density at radius 1 is 0.368 bits per heavy atom. The molecule has 0 fully saturated rings. The molecule has 0 unspecified atom stereocenters. The van der Waals surface area contributed by atoms with E-state index in [1.165, 1.54) is 186 Å². The molecule has 0 aliphatic heterocycles. The van der Waals surface area contributed by atoms with Crippen LogP contribution >= 0.6 is 6.72 Å². The molecule has 3 nitrogen and oxygen atoms in total. The minimum absolute atomic E-state index is 0.379. The molecule has 0 aromatic carbocycles. The number of unbranched alkanes of at least 4 members (excludes halogenated alkanes) is 30. The summed E-state index contributed by atoms with van der Waals surface area (Å²) >= 11 is 4.44. The summed E-state index contributed by atoms with van der Waals surface area (Å²) in [5.74, 6) is 0. The lowest BCUT2D eigenvalue weighted by Gasteiger charge is -2.07. The van der Waals surface area contributed by atoms with Crippen molar-refractivity contribution in [1.82, 2.24) is 0 Å². The smallest absolute Gasteiger partial charge is 0.321 e. The van der Waals surface area contributed by atoms with Crippen LogP contribution in [0.2, 0.25) is 0 Å². The average Bonchev–Trinajstić information content (AvgIpc) is 2.88. The molecule has 0 spiro atoms. The molecule has 0 aromatic rings. The Morgan fingerprint density at radius 3 is 0.737 bits per heavy atom.